The van der Waals surface area contributed by atoms with E-state index in [0.29, 0.717) is 11.4 Å². The molecule has 0 aliphatic rings. The fourth-order valence-electron chi connectivity index (χ4n) is 1.28. The average molecular weight is 219 g/mol. The molecule has 0 fully saturated rings. The molecule has 0 aliphatic heterocycles. The predicted molar refractivity (Wildman–Crippen MR) is 57.8 cm³/mol. The molecule has 6 nitrogen and oxygen atoms in total. The quantitative estimate of drug-likeness (QED) is 0.748. The van der Waals surface area contributed by atoms with Gasteiger partial charge >= 0.3 is 0 Å². The van der Waals surface area contributed by atoms with Crippen molar-refractivity contribution in [1.82, 2.24) is 19.7 Å². The van der Waals surface area contributed by atoms with Gasteiger partial charge in [0.25, 0.3) is 0 Å². The van der Waals surface area contributed by atoms with E-state index >= 15 is 0 Å². The Bertz CT molecular complexity index is 449. The molecule has 0 saturated heterocycles. The molecule has 2 rings (SSSR count). The van der Waals surface area contributed by atoms with Gasteiger partial charge in [0.2, 0.25) is 0 Å². The van der Waals surface area contributed by atoms with Crippen LogP contribution in [-0.2, 0) is 5.60 Å². The zero-order valence-electron chi connectivity index (χ0n) is 8.91. The highest BCUT2D eigenvalue weighted by atomic mass is 16.3. The van der Waals surface area contributed by atoms with Crippen LogP contribution in [0.25, 0.3) is 5.82 Å². The first kappa shape index (κ1) is 10.7. The molecule has 0 amide bonds. The van der Waals surface area contributed by atoms with Gasteiger partial charge < -0.3 is 10.8 Å². The number of pyridine rings is 1. The molecule has 84 valence electrons. The molecule has 3 N–H and O–H groups in total. The summed E-state index contributed by atoms with van der Waals surface area (Å²) in [5, 5.41) is 13.9. The molecule has 2 heterocycles. The summed E-state index contributed by atoms with van der Waals surface area (Å²) in [4.78, 5) is 8.01. The Kier molecular flexibility index (Phi) is 2.67. The van der Waals surface area contributed by atoms with Crippen molar-refractivity contribution in [3.63, 3.8) is 0 Å². The van der Waals surface area contributed by atoms with Crippen LogP contribution in [-0.4, -0.2) is 31.4 Å². The van der Waals surface area contributed by atoms with Gasteiger partial charge in [0, 0.05) is 18.3 Å². The third-order valence-corrected chi connectivity index (χ3v) is 2.42. The summed E-state index contributed by atoms with van der Waals surface area (Å²) < 4.78 is 1.54. The minimum atomic E-state index is -1.05. The molecule has 0 saturated carbocycles. The van der Waals surface area contributed by atoms with Gasteiger partial charge in [-0.25, -0.2) is 14.6 Å². The lowest BCUT2D eigenvalue weighted by Gasteiger charge is -2.21. The smallest absolute Gasteiger partial charge is 0.155 e. The third-order valence-electron chi connectivity index (χ3n) is 2.42. The summed E-state index contributed by atoms with van der Waals surface area (Å²) in [5.41, 5.74) is 5.10. The molecule has 16 heavy (non-hydrogen) atoms. The fraction of sp³-hybridized carbons (Fsp3) is 0.300. The van der Waals surface area contributed by atoms with Crippen LogP contribution in [0.4, 0.5) is 0 Å². The lowest BCUT2D eigenvalue weighted by molar-refractivity contribution is 0.0665. The van der Waals surface area contributed by atoms with Gasteiger partial charge in [-0.15, -0.1) is 0 Å². The highest BCUT2D eigenvalue weighted by Crippen LogP contribution is 2.18. The minimum Gasteiger partial charge on any atom is -0.384 e. The molecule has 1 atom stereocenters. The van der Waals surface area contributed by atoms with Crippen molar-refractivity contribution in [2.24, 2.45) is 5.73 Å². The van der Waals surface area contributed by atoms with E-state index < -0.39 is 5.60 Å². The minimum absolute atomic E-state index is 0.150. The van der Waals surface area contributed by atoms with Gasteiger partial charge in [-0.2, -0.15) is 5.10 Å². The summed E-state index contributed by atoms with van der Waals surface area (Å²) in [5.74, 6) is 0.647. The summed E-state index contributed by atoms with van der Waals surface area (Å²) in [7, 11) is 0. The molecular weight excluding hydrogens is 206 g/mol. The van der Waals surface area contributed by atoms with E-state index in [2.05, 4.69) is 15.1 Å². The Balaban J connectivity index is 2.30. The number of nitrogens with zero attached hydrogens (tertiary/aromatic N) is 4. The number of aromatic nitrogens is 4. The molecule has 0 spiro atoms. The lowest BCUT2D eigenvalue weighted by atomic mass is 9.98. The van der Waals surface area contributed by atoms with Crippen LogP contribution in [0.5, 0.6) is 0 Å². The van der Waals surface area contributed by atoms with E-state index in [1.54, 1.807) is 36.3 Å². The highest BCUT2D eigenvalue weighted by molar-refractivity contribution is 5.27. The van der Waals surface area contributed by atoms with Crippen molar-refractivity contribution < 1.29 is 5.11 Å². The predicted octanol–water partition coefficient (Wildman–Crippen LogP) is -0.172. The van der Waals surface area contributed by atoms with Crippen molar-refractivity contribution in [3.8, 4) is 5.82 Å². The number of hydrogen-bond acceptors (Lipinski definition) is 5. The van der Waals surface area contributed by atoms with E-state index in [0.717, 1.165) is 0 Å². The Morgan fingerprint density at radius 3 is 2.81 bits per heavy atom. The first-order valence-electron chi connectivity index (χ1n) is 4.87. The van der Waals surface area contributed by atoms with Gasteiger partial charge in [0.1, 0.15) is 18.3 Å². The van der Waals surface area contributed by atoms with Gasteiger partial charge in [-0.3, -0.25) is 0 Å². The van der Waals surface area contributed by atoms with E-state index in [1.807, 2.05) is 0 Å². The maximum Gasteiger partial charge on any atom is 0.155 e. The average Bonchev–Trinajstić information content (AvgIpc) is 2.83. The monoisotopic (exact) mass is 219 g/mol. The molecule has 0 aromatic carbocycles. The van der Waals surface area contributed by atoms with Gasteiger partial charge in [-0.1, -0.05) is 6.07 Å². The van der Waals surface area contributed by atoms with Crippen molar-refractivity contribution in [2.45, 2.75) is 12.5 Å². The van der Waals surface area contributed by atoms with Gasteiger partial charge in [-0.05, 0) is 13.0 Å². The van der Waals surface area contributed by atoms with Crippen molar-refractivity contribution >= 4 is 0 Å². The third kappa shape index (κ3) is 1.93. The van der Waals surface area contributed by atoms with E-state index in [4.69, 9.17) is 5.73 Å². The number of rotatable bonds is 3. The summed E-state index contributed by atoms with van der Waals surface area (Å²) in [6.45, 7) is 1.80. The molecule has 2 aromatic heterocycles. The van der Waals surface area contributed by atoms with Crippen LogP contribution in [0, 0.1) is 0 Å². The normalized spacial score (nSPS) is 14.7. The molecule has 0 aliphatic carbocycles. The number of nitrogens with two attached hydrogens (primary N) is 1. The lowest BCUT2D eigenvalue weighted by Crippen LogP contribution is -2.31. The first-order chi connectivity index (χ1) is 7.63. The molecule has 1 unspecified atom stereocenters. The van der Waals surface area contributed by atoms with Crippen LogP contribution >= 0.6 is 0 Å². The second-order valence-electron chi connectivity index (χ2n) is 3.72. The Morgan fingerprint density at radius 2 is 2.31 bits per heavy atom. The van der Waals surface area contributed by atoms with E-state index in [-0.39, 0.29) is 6.54 Å². The van der Waals surface area contributed by atoms with Gasteiger partial charge in [0.15, 0.2) is 5.82 Å². The molecule has 2 aromatic rings. The van der Waals surface area contributed by atoms with Crippen molar-refractivity contribution in [1.29, 1.82) is 0 Å². The largest absolute Gasteiger partial charge is 0.384 e. The fourth-order valence-corrected chi connectivity index (χ4v) is 1.28. The topological polar surface area (TPSA) is 89.8 Å². The Hall–Kier alpha value is -1.79. The van der Waals surface area contributed by atoms with Crippen LogP contribution < -0.4 is 5.73 Å². The summed E-state index contributed by atoms with van der Waals surface area (Å²) >= 11 is 0. The zero-order chi connectivity index (χ0) is 11.6. The summed E-state index contributed by atoms with van der Waals surface area (Å²) in [6.07, 6.45) is 4.58. The van der Waals surface area contributed by atoms with Crippen LogP contribution in [0.1, 0.15) is 12.5 Å². The van der Waals surface area contributed by atoms with E-state index in [9.17, 15) is 5.11 Å². The maximum absolute atomic E-state index is 9.92. The SMILES string of the molecule is CC(O)(CN)c1ccc(-n2cncn2)nc1. The Morgan fingerprint density at radius 1 is 1.50 bits per heavy atom. The highest BCUT2D eigenvalue weighted by Gasteiger charge is 2.21. The molecule has 0 bridgehead atoms. The first-order valence-corrected chi connectivity index (χ1v) is 4.87. The van der Waals surface area contributed by atoms with Crippen LogP contribution in [0.2, 0.25) is 0 Å². The second-order valence-corrected chi connectivity index (χ2v) is 3.72. The second kappa shape index (κ2) is 3.99. The van der Waals surface area contributed by atoms with E-state index in [1.165, 1.54) is 6.33 Å². The molecule has 0 radical (unpaired) electrons. The molecule has 6 heteroatoms. The van der Waals surface area contributed by atoms with Crippen molar-refractivity contribution in [3.05, 3.63) is 36.5 Å². The summed E-state index contributed by atoms with van der Waals surface area (Å²) in [6, 6.07) is 3.53. The number of hydrogen-bond donors (Lipinski definition) is 2. The molecular formula is C10H13N5O. The number of aliphatic hydroxyl groups is 1. The standard InChI is InChI=1S/C10H13N5O/c1-10(16,5-11)8-2-3-9(13-4-8)15-7-12-6-14-15/h2-4,6-7,16H,5,11H2,1H3. The Labute approximate surface area is 92.8 Å². The zero-order valence-corrected chi connectivity index (χ0v) is 8.91. The van der Waals surface area contributed by atoms with Crippen molar-refractivity contribution in [2.75, 3.05) is 6.54 Å². The maximum atomic E-state index is 9.92. The van der Waals surface area contributed by atoms with Crippen LogP contribution in [0.15, 0.2) is 31.0 Å². The van der Waals surface area contributed by atoms with Gasteiger partial charge in [0.05, 0.1) is 0 Å². The van der Waals surface area contributed by atoms with Crippen LogP contribution in [0.3, 0.4) is 0 Å².